The van der Waals surface area contributed by atoms with Crippen molar-refractivity contribution in [3.05, 3.63) is 23.8 Å². The number of fused-ring (bicyclic) bond motifs is 1. The van der Waals surface area contributed by atoms with E-state index >= 15 is 0 Å². The van der Waals surface area contributed by atoms with Gasteiger partial charge in [-0.15, -0.1) is 0 Å². The van der Waals surface area contributed by atoms with Gasteiger partial charge in [0.1, 0.15) is 0 Å². The Morgan fingerprint density at radius 1 is 1.33 bits per heavy atom. The number of benzene rings is 1. The third-order valence-corrected chi connectivity index (χ3v) is 3.07. The Morgan fingerprint density at radius 2 is 2.06 bits per heavy atom. The SMILES string of the molecule is CCC(C(=O)OC)c1ccc2c(c1)OCCCO2. The van der Waals surface area contributed by atoms with Gasteiger partial charge in [0.25, 0.3) is 0 Å². The van der Waals surface area contributed by atoms with Gasteiger partial charge in [-0.3, -0.25) is 4.79 Å². The lowest BCUT2D eigenvalue weighted by Gasteiger charge is -2.15. The average Bonchev–Trinajstić information content (AvgIpc) is 2.64. The number of carbonyl (C=O) groups excluding carboxylic acids is 1. The van der Waals surface area contributed by atoms with Crippen molar-refractivity contribution in [2.24, 2.45) is 0 Å². The summed E-state index contributed by atoms with van der Waals surface area (Å²) in [7, 11) is 1.41. The Morgan fingerprint density at radius 3 is 2.72 bits per heavy atom. The molecule has 1 atom stereocenters. The van der Waals surface area contributed by atoms with E-state index in [-0.39, 0.29) is 11.9 Å². The molecule has 0 saturated heterocycles. The molecular formula is C14H18O4. The van der Waals surface area contributed by atoms with E-state index in [1.165, 1.54) is 7.11 Å². The first-order chi connectivity index (χ1) is 8.76. The molecular weight excluding hydrogens is 232 g/mol. The zero-order valence-corrected chi connectivity index (χ0v) is 10.8. The fourth-order valence-electron chi connectivity index (χ4n) is 2.08. The first-order valence-electron chi connectivity index (χ1n) is 6.23. The average molecular weight is 250 g/mol. The highest BCUT2D eigenvalue weighted by Crippen LogP contribution is 2.33. The lowest BCUT2D eigenvalue weighted by Crippen LogP contribution is -2.13. The van der Waals surface area contributed by atoms with Gasteiger partial charge in [-0.05, 0) is 24.1 Å². The second-order valence-corrected chi connectivity index (χ2v) is 4.24. The fraction of sp³-hybridized carbons (Fsp3) is 0.500. The molecule has 0 amide bonds. The molecule has 1 heterocycles. The van der Waals surface area contributed by atoms with Crippen LogP contribution in [0.5, 0.6) is 11.5 Å². The number of hydrogen-bond acceptors (Lipinski definition) is 4. The van der Waals surface area contributed by atoms with Crippen LogP contribution in [-0.2, 0) is 9.53 Å². The maximum Gasteiger partial charge on any atom is 0.313 e. The highest BCUT2D eigenvalue weighted by Gasteiger charge is 2.21. The predicted molar refractivity (Wildman–Crippen MR) is 67.1 cm³/mol. The Balaban J connectivity index is 2.29. The predicted octanol–water partition coefficient (Wildman–Crippen LogP) is 2.51. The highest BCUT2D eigenvalue weighted by atomic mass is 16.5. The van der Waals surface area contributed by atoms with Gasteiger partial charge in [0.15, 0.2) is 11.5 Å². The highest BCUT2D eigenvalue weighted by molar-refractivity contribution is 5.78. The lowest BCUT2D eigenvalue weighted by atomic mass is 9.96. The number of rotatable bonds is 3. The van der Waals surface area contributed by atoms with E-state index in [0.717, 1.165) is 17.7 Å². The summed E-state index contributed by atoms with van der Waals surface area (Å²) in [5, 5.41) is 0. The van der Waals surface area contributed by atoms with Gasteiger partial charge in [0.2, 0.25) is 0 Å². The molecule has 4 heteroatoms. The molecule has 0 fully saturated rings. The van der Waals surface area contributed by atoms with Crippen molar-refractivity contribution in [1.29, 1.82) is 0 Å². The first kappa shape index (κ1) is 12.7. The summed E-state index contributed by atoms with van der Waals surface area (Å²) in [5.74, 6) is 1.00. The molecule has 1 aromatic rings. The zero-order chi connectivity index (χ0) is 13.0. The third-order valence-electron chi connectivity index (χ3n) is 3.07. The summed E-state index contributed by atoms with van der Waals surface area (Å²) < 4.78 is 16.0. The van der Waals surface area contributed by atoms with Crippen molar-refractivity contribution in [1.82, 2.24) is 0 Å². The van der Waals surface area contributed by atoms with Gasteiger partial charge in [-0.1, -0.05) is 13.0 Å². The van der Waals surface area contributed by atoms with E-state index in [1.807, 2.05) is 25.1 Å². The summed E-state index contributed by atoms with van der Waals surface area (Å²) in [4.78, 5) is 11.7. The standard InChI is InChI=1S/C14H18O4/c1-3-11(14(15)16-2)10-5-6-12-13(9-10)18-8-4-7-17-12/h5-6,9,11H,3-4,7-8H2,1-2H3. The van der Waals surface area contributed by atoms with Crippen LogP contribution in [0.4, 0.5) is 0 Å². The van der Waals surface area contributed by atoms with Crippen molar-refractivity contribution in [3.63, 3.8) is 0 Å². The number of ether oxygens (including phenoxy) is 3. The molecule has 0 radical (unpaired) electrons. The molecule has 98 valence electrons. The summed E-state index contributed by atoms with van der Waals surface area (Å²) in [5.41, 5.74) is 0.911. The van der Waals surface area contributed by atoms with Crippen LogP contribution >= 0.6 is 0 Å². The van der Waals surface area contributed by atoms with Crippen LogP contribution in [0.3, 0.4) is 0 Å². The van der Waals surface area contributed by atoms with Crippen LogP contribution in [0, 0.1) is 0 Å². The fourth-order valence-corrected chi connectivity index (χ4v) is 2.08. The van der Waals surface area contributed by atoms with Crippen LogP contribution in [0.15, 0.2) is 18.2 Å². The molecule has 1 aliphatic heterocycles. The maximum absolute atomic E-state index is 11.7. The van der Waals surface area contributed by atoms with E-state index in [2.05, 4.69) is 0 Å². The number of carbonyl (C=O) groups is 1. The number of methoxy groups -OCH3 is 1. The summed E-state index contributed by atoms with van der Waals surface area (Å²) in [6, 6.07) is 5.64. The van der Waals surface area contributed by atoms with Crippen molar-refractivity contribution >= 4 is 5.97 Å². The Kier molecular flexibility index (Phi) is 4.07. The minimum absolute atomic E-state index is 0.216. The molecule has 0 saturated carbocycles. The quantitative estimate of drug-likeness (QED) is 0.773. The van der Waals surface area contributed by atoms with Crippen molar-refractivity contribution in [3.8, 4) is 11.5 Å². The Labute approximate surface area is 107 Å². The number of esters is 1. The van der Waals surface area contributed by atoms with Crippen LogP contribution < -0.4 is 9.47 Å². The largest absolute Gasteiger partial charge is 0.490 e. The van der Waals surface area contributed by atoms with Gasteiger partial charge >= 0.3 is 5.97 Å². The third kappa shape index (κ3) is 2.58. The lowest BCUT2D eigenvalue weighted by molar-refractivity contribution is -0.142. The summed E-state index contributed by atoms with van der Waals surface area (Å²) in [6.45, 7) is 3.27. The minimum atomic E-state index is -0.243. The molecule has 4 nitrogen and oxygen atoms in total. The molecule has 0 N–H and O–H groups in total. The monoisotopic (exact) mass is 250 g/mol. The van der Waals surface area contributed by atoms with E-state index in [4.69, 9.17) is 14.2 Å². The topological polar surface area (TPSA) is 44.8 Å². The van der Waals surface area contributed by atoms with Crippen molar-refractivity contribution < 1.29 is 19.0 Å². The van der Waals surface area contributed by atoms with Gasteiger partial charge < -0.3 is 14.2 Å². The van der Waals surface area contributed by atoms with Crippen LogP contribution in [0.1, 0.15) is 31.2 Å². The Bertz CT molecular complexity index is 428. The molecule has 1 aromatic carbocycles. The van der Waals surface area contributed by atoms with Gasteiger partial charge in [-0.25, -0.2) is 0 Å². The maximum atomic E-state index is 11.7. The molecule has 0 aliphatic carbocycles. The van der Waals surface area contributed by atoms with E-state index in [1.54, 1.807) is 0 Å². The van der Waals surface area contributed by atoms with Gasteiger partial charge in [0.05, 0.1) is 26.2 Å². The second kappa shape index (κ2) is 5.76. The van der Waals surface area contributed by atoms with Crippen molar-refractivity contribution in [2.75, 3.05) is 20.3 Å². The molecule has 2 rings (SSSR count). The zero-order valence-electron chi connectivity index (χ0n) is 10.8. The molecule has 0 aromatic heterocycles. The molecule has 1 unspecified atom stereocenters. The first-order valence-corrected chi connectivity index (χ1v) is 6.23. The smallest absolute Gasteiger partial charge is 0.313 e. The van der Waals surface area contributed by atoms with Crippen LogP contribution in [0.2, 0.25) is 0 Å². The molecule has 0 spiro atoms. The minimum Gasteiger partial charge on any atom is -0.490 e. The molecule has 1 aliphatic rings. The number of hydrogen-bond donors (Lipinski definition) is 0. The Hall–Kier alpha value is -1.71. The van der Waals surface area contributed by atoms with Gasteiger partial charge in [0, 0.05) is 6.42 Å². The van der Waals surface area contributed by atoms with Crippen LogP contribution in [-0.4, -0.2) is 26.3 Å². The summed E-state index contributed by atoms with van der Waals surface area (Å²) in [6.07, 6.45) is 1.57. The molecule has 0 bridgehead atoms. The van der Waals surface area contributed by atoms with E-state index in [0.29, 0.717) is 25.4 Å². The molecule has 18 heavy (non-hydrogen) atoms. The second-order valence-electron chi connectivity index (χ2n) is 4.24. The normalized spacial score (nSPS) is 15.7. The van der Waals surface area contributed by atoms with E-state index < -0.39 is 0 Å². The van der Waals surface area contributed by atoms with Crippen molar-refractivity contribution in [2.45, 2.75) is 25.7 Å². The van der Waals surface area contributed by atoms with E-state index in [9.17, 15) is 4.79 Å². The summed E-state index contributed by atoms with van der Waals surface area (Å²) >= 11 is 0. The van der Waals surface area contributed by atoms with Gasteiger partial charge in [-0.2, -0.15) is 0 Å². The van der Waals surface area contributed by atoms with Crippen LogP contribution in [0.25, 0.3) is 0 Å².